The third-order valence-electron chi connectivity index (χ3n) is 2.27. The van der Waals surface area contributed by atoms with Crippen molar-refractivity contribution in [2.75, 3.05) is 19.8 Å². The van der Waals surface area contributed by atoms with Crippen molar-refractivity contribution in [2.45, 2.75) is 26.4 Å². The van der Waals surface area contributed by atoms with Gasteiger partial charge in [-0.05, 0) is 25.5 Å². The Bertz CT molecular complexity index is 339. The third kappa shape index (κ3) is 4.71. The van der Waals surface area contributed by atoms with Gasteiger partial charge in [-0.25, -0.2) is 4.39 Å². The van der Waals surface area contributed by atoms with Gasteiger partial charge in [0, 0.05) is 18.2 Å². The van der Waals surface area contributed by atoms with Crippen molar-refractivity contribution in [1.82, 2.24) is 0 Å². The maximum atomic E-state index is 13.5. The number of rotatable bonds is 7. The minimum absolute atomic E-state index is 0.277. The molecule has 1 atom stereocenters. The molecule has 0 saturated carbocycles. The summed E-state index contributed by atoms with van der Waals surface area (Å²) in [7, 11) is 0. The molecular weight excluding hydrogens is 223 g/mol. The molecule has 0 radical (unpaired) electrons. The fraction of sp³-hybridized carbons (Fsp3) is 0.538. The van der Waals surface area contributed by atoms with Gasteiger partial charge in [-0.1, -0.05) is 6.92 Å². The average molecular weight is 242 g/mol. The van der Waals surface area contributed by atoms with Crippen LogP contribution in [0, 0.1) is 5.82 Å². The fourth-order valence-corrected chi connectivity index (χ4v) is 1.40. The van der Waals surface area contributed by atoms with Gasteiger partial charge in [0.15, 0.2) is 0 Å². The molecule has 0 saturated heterocycles. The molecule has 1 aromatic carbocycles. The predicted octanol–water partition coefficient (Wildman–Crippen LogP) is 2.68. The summed E-state index contributed by atoms with van der Waals surface area (Å²) in [4.78, 5) is 0. The zero-order valence-corrected chi connectivity index (χ0v) is 10.3. The van der Waals surface area contributed by atoms with Crippen LogP contribution >= 0.6 is 0 Å². The molecule has 0 aromatic heterocycles. The van der Waals surface area contributed by atoms with Gasteiger partial charge < -0.3 is 14.6 Å². The molecule has 1 aromatic rings. The molecule has 0 aliphatic carbocycles. The van der Waals surface area contributed by atoms with Crippen LogP contribution in [0.25, 0.3) is 0 Å². The molecule has 0 aliphatic heterocycles. The van der Waals surface area contributed by atoms with Crippen molar-refractivity contribution in [3.8, 4) is 5.75 Å². The lowest BCUT2D eigenvalue weighted by molar-refractivity contribution is 0.100. The highest BCUT2D eigenvalue weighted by Gasteiger charge is 2.08. The number of hydrogen-bond donors (Lipinski definition) is 1. The Morgan fingerprint density at radius 1 is 1.29 bits per heavy atom. The largest absolute Gasteiger partial charge is 0.491 e. The van der Waals surface area contributed by atoms with Crippen molar-refractivity contribution < 1.29 is 19.0 Å². The Hall–Kier alpha value is -1.13. The number of ether oxygens (including phenoxy) is 2. The molecule has 4 heteroatoms. The summed E-state index contributed by atoms with van der Waals surface area (Å²) >= 11 is 0. The Balaban J connectivity index is 2.42. The van der Waals surface area contributed by atoms with E-state index in [4.69, 9.17) is 9.47 Å². The molecule has 1 N–H and O–H groups in total. The van der Waals surface area contributed by atoms with Crippen LogP contribution in [0.15, 0.2) is 18.2 Å². The van der Waals surface area contributed by atoms with Crippen LogP contribution in [0.2, 0.25) is 0 Å². The van der Waals surface area contributed by atoms with E-state index in [0.717, 1.165) is 6.42 Å². The smallest absolute Gasteiger partial charge is 0.132 e. The highest BCUT2D eigenvalue weighted by atomic mass is 19.1. The first-order valence-electron chi connectivity index (χ1n) is 5.83. The molecule has 1 unspecified atom stereocenters. The summed E-state index contributed by atoms with van der Waals surface area (Å²) in [5.74, 6) is -0.000949. The number of aliphatic hydroxyl groups excluding tert-OH is 1. The molecule has 0 fully saturated rings. The van der Waals surface area contributed by atoms with E-state index < -0.39 is 11.9 Å². The maximum absolute atomic E-state index is 13.5. The quantitative estimate of drug-likeness (QED) is 0.747. The summed E-state index contributed by atoms with van der Waals surface area (Å²) in [6.07, 6.45) is 0.162. The molecule has 3 nitrogen and oxygen atoms in total. The summed E-state index contributed by atoms with van der Waals surface area (Å²) in [6.45, 7) is 5.16. The van der Waals surface area contributed by atoms with Gasteiger partial charge in [-0.2, -0.15) is 0 Å². The molecule has 0 bridgehead atoms. The number of halogens is 1. The first-order chi connectivity index (χ1) is 8.15. The SMILES string of the molecule is CCCOCCOc1ccc(C(C)O)c(F)c1. The van der Waals surface area contributed by atoms with Crippen LogP contribution < -0.4 is 4.74 Å². The van der Waals surface area contributed by atoms with Gasteiger partial charge in [-0.15, -0.1) is 0 Å². The van der Waals surface area contributed by atoms with Crippen LogP contribution in [-0.4, -0.2) is 24.9 Å². The van der Waals surface area contributed by atoms with E-state index in [1.807, 2.05) is 6.92 Å². The van der Waals surface area contributed by atoms with Crippen molar-refractivity contribution in [3.63, 3.8) is 0 Å². The van der Waals surface area contributed by atoms with Crippen molar-refractivity contribution in [1.29, 1.82) is 0 Å². The summed E-state index contributed by atoms with van der Waals surface area (Å²) in [5.41, 5.74) is 0.277. The van der Waals surface area contributed by atoms with Crippen LogP contribution in [0.3, 0.4) is 0 Å². The second-order valence-electron chi connectivity index (χ2n) is 3.82. The van der Waals surface area contributed by atoms with E-state index in [0.29, 0.717) is 25.6 Å². The molecule has 0 aliphatic rings. The number of hydrogen-bond acceptors (Lipinski definition) is 3. The van der Waals surface area contributed by atoms with E-state index in [2.05, 4.69) is 0 Å². The first-order valence-corrected chi connectivity index (χ1v) is 5.83. The molecule has 96 valence electrons. The van der Waals surface area contributed by atoms with Crippen LogP contribution in [-0.2, 0) is 4.74 Å². The average Bonchev–Trinajstić information content (AvgIpc) is 2.28. The maximum Gasteiger partial charge on any atom is 0.132 e. The molecule has 1 rings (SSSR count). The van der Waals surface area contributed by atoms with Crippen LogP contribution in [0.1, 0.15) is 31.9 Å². The van der Waals surface area contributed by atoms with Crippen molar-refractivity contribution in [3.05, 3.63) is 29.6 Å². The second-order valence-corrected chi connectivity index (χ2v) is 3.82. The first kappa shape index (κ1) is 13.9. The molecule has 0 heterocycles. The molecule has 0 amide bonds. The zero-order chi connectivity index (χ0) is 12.7. The van der Waals surface area contributed by atoms with Gasteiger partial charge in [0.2, 0.25) is 0 Å². The minimum Gasteiger partial charge on any atom is -0.491 e. The van der Waals surface area contributed by atoms with Gasteiger partial charge in [0.05, 0.1) is 12.7 Å². The number of benzene rings is 1. The van der Waals surface area contributed by atoms with Gasteiger partial charge in [-0.3, -0.25) is 0 Å². The minimum atomic E-state index is -0.808. The van der Waals surface area contributed by atoms with Crippen molar-refractivity contribution in [2.24, 2.45) is 0 Å². The van der Waals surface area contributed by atoms with E-state index in [1.165, 1.54) is 19.1 Å². The second kappa shape index (κ2) is 7.25. The highest BCUT2D eigenvalue weighted by molar-refractivity contribution is 5.29. The Kier molecular flexibility index (Phi) is 5.94. The highest BCUT2D eigenvalue weighted by Crippen LogP contribution is 2.21. The van der Waals surface area contributed by atoms with Gasteiger partial charge >= 0.3 is 0 Å². The Morgan fingerprint density at radius 3 is 2.65 bits per heavy atom. The monoisotopic (exact) mass is 242 g/mol. The van der Waals surface area contributed by atoms with Crippen LogP contribution in [0.4, 0.5) is 4.39 Å². The van der Waals surface area contributed by atoms with Crippen molar-refractivity contribution >= 4 is 0 Å². The predicted molar refractivity (Wildman–Crippen MR) is 63.6 cm³/mol. The third-order valence-corrected chi connectivity index (χ3v) is 2.27. The van der Waals surface area contributed by atoms with Crippen LogP contribution in [0.5, 0.6) is 5.75 Å². The lowest BCUT2D eigenvalue weighted by Gasteiger charge is -2.10. The summed E-state index contributed by atoms with van der Waals surface area (Å²) in [5, 5.41) is 9.27. The topological polar surface area (TPSA) is 38.7 Å². The van der Waals surface area contributed by atoms with Gasteiger partial charge in [0.25, 0.3) is 0 Å². The fourth-order valence-electron chi connectivity index (χ4n) is 1.40. The lowest BCUT2D eigenvalue weighted by atomic mass is 10.1. The lowest BCUT2D eigenvalue weighted by Crippen LogP contribution is -2.07. The molecule has 0 spiro atoms. The molecular formula is C13H19FO3. The standard InChI is InChI=1S/C13H19FO3/c1-3-6-16-7-8-17-11-4-5-12(10(2)15)13(14)9-11/h4-5,9-10,15H,3,6-8H2,1-2H3. The zero-order valence-electron chi connectivity index (χ0n) is 10.3. The van der Waals surface area contributed by atoms with E-state index in [1.54, 1.807) is 6.07 Å². The normalized spacial score (nSPS) is 12.5. The summed E-state index contributed by atoms with van der Waals surface area (Å²) in [6, 6.07) is 4.45. The Morgan fingerprint density at radius 2 is 2.06 bits per heavy atom. The number of aliphatic hydroxyl groups is 1. The summed E-state index contributed by atoms with van der Waals surface area (Å²) < 4.78 is 24.0. The van der Waals surface area contributed by atoms with E-state index in [9.17, 15) is 9.50 Å². The van der Waals surface area contributed by atoms with Gasteiger partial charge in [0.1, 0.15) is 18.2 Å². The van der Waals surface area contributed by atoms with E-state index >= 15 is 0 Å². The molecule has 17 heavy (non-hydrogen) atoms. The Labute approximate surface area is 101 Å². The van der Waals surface area contributed by atoms with E-state index in [-0.39, 0.29) is 5.56 Å².